The van der Waals surface area contributed by atoms with Crippen molar-refractivity contribution in [2.24, 2.45) is 0 Å². The molecule has 0 amide bonds. The van der Waals surface area contributed by atoms with Gasteiger partial charge in [0, 0.05) is 23.4 Å². The lowest BCUT2D eigenvalue weighted by Gasteiger charge is -2.21. The van der Waals surface area contributed by atoms with Crippen molar-refractivity contribution < 1.29 is 0 Å². The molecule has 0 unspecified atom stereocenters. The maximum absolute atomic E-state index is 4.74. The smallest absolute Gasteiger partial charge is 0.0437 e. The maximum atomic E-state index is 4.74. The lowest BCUT2D eigenvalue weighted by Crippen LogP contribution is -2.07. The van der Waals surface area contributed by atoms with E-state index >= 15 is 0 Å². The molecule has 98 valence electrons. The monoisotopic (exact) mass is 251 g/mol. The Morgan fingerprint density at radius 3 is 2.42 bits per heavy atom. The van der Waals surface area contributed by atoms with Crippen molar-refractivity contribution in [1.29, 1.82) is 0 Å². The van der Waals surface area contributed by atoms with E-state index in [1.807, 2.05) is 0 Å². The minimum atomic E-state index is 0.692. The zero-order valence-corrected chi connectivity index (χ0v) is 11.6. The van der Waals surface area contributed by atoms with Crippen LogP contribution in [0.2, 0.25) is 0 Å². The van der Waals surface area contributed by atoms with E-state index in [2.05, 4.69) is 49.5 Å². The normalized spacial score (nSPS) is 16.5. The van der Waals surface area contributed by atoms with Gasteiger partial charge in [0.05, 0.1) is 0 Å². The van der Waals surface area contributed by atoms with Gasteiger partial charge in [0.25, 0.3) is 0 Å². The molecule has 0 spiro atoms. The summed E-state index contributed by atoms with van der Waals surface area (Å²) < 4.78 is 0. The fourth-order valence-corrected chi connectivity index (χ4v) is 3.12. The van der Waals surface area contributed by atoms with Crippen molar-refractivity contribution in [1.82, 2.24) is 4.98 Å². The predicted octanol–water partition coefficient (Wildman–Crippen LogP) is 5.10. The first kappa shape index (κ1) is 12.4. The highest BCUT2D eigenvalue weighted by molar-refractivity contribution is 5.66. The largest absolute Gasteiger partial charge is 0.260 e. The summed E-state index contributed by atoms with van der Waals surface area (Å²) in [5.74, 6) is 0.692. The summed E-state index contributed by atoms with van der Waals surface area (Å²) >= 11 is 0. The second-order valence-corrected chi connectivity index (χ2v) is 5.63. The van der Waals surface area contributed by atoms with Gasteiger partial charge in [-0.1, -0.05) is 49.6 Å². The second-order valence-electron chi connectivity index (χ2n) is 5.63. The fraction of sp³-hybridized carbons (Fsp3) is 0.389. The minimum Gasteiger partial charge on any atom is -0.260 e. The third-order valence-corrected chi connectivity index (χ3v) is 4.24. The summed E-state index contributed by atoms with van der Waals surface area (Å²) in [5, 5.41) is 0. The topological polar surface area (TPSA) is 12.9 Å². The Morgan fingerprint density at radius 2 is 1.74 bits per heavy atom. The molecular formula is C18H21N. The summed E-state index contributed by atoms with van der Waals surface area (Å²) in [4.78, 5) is 4.74. The van der Waals surface area contributed by atoms with E-state index < -0.39 is 0 Å². The number of hydrogen-bond donors (Lipinski definition) is 0. The van der Waals surface area contributed by atoms with Gasteiger partial charge in [-0.3, -0.25) is 4.98 Å². The number of pyridine rings is 1. The standard InChI is InChI=1S/C18H21N/c1-14-12-18(16-10-6-3-7-11-16)19-13-17(14)15-8-4-2-5-9-15/h2,4-5,8-9,12-13,16H,3,6-7,10-11H2,1H3. The Hall–Kier alpha value is -1.63. The number of hydrogen-bond acceptors (Lipinski definition) is 1. The molecule has 2 aromatic rings. The number of aromatic nitrogens is 1. The van der Waals surface area contributed by atoms with Crippen LogP contribution in [0.1, 0.15) is 49.3 Å². The number of nitrogens with zero attached hydrogens (tertiary/aromatic N) is 1. The van der Waals surface area contributed by atoms with E-state index in [0.717, 1.165) is 0 Å². The highest BCUT2D eigenvalue weighted by Crippen LogP contribution is 2.33. The lowest BCUT2D eigenvalue weighted by atomic mass is 9.86. The summed E-state index contributed by atoms with van der Waals surface area (Å²) in [6, 6.07) is 12.9. The third kappa shape index (κ3) is 2.70. The number of aryl methyl sites for hydroxylation is 1. The number of rotatable bonds is 2. The molecule has 1 heterocycles. The molecule has 1 fully saturated rings. The highest BCUT2D eigenvalue weighted by Gasteiger charge is 2.17. The van der Waals surface area contributed by atoms with E-state index in [9.17, 15) is 0 Å². The van der Waals surface area contributed by atoms with Gasteiger partial charge in [-0.2, -0.15) is 0 Å². The zero-order chi connectivity index (χ0) is 13.1. The molecule has 19 heavy (non-hydrogen) atoms. The van der Waals surface area contributed by atoms with Crippen LogP contribution in [-0.2, 0) is 0 Å². The van der Waals surface area contributed by atoms with Crippen LogP contribution in [-0.4, -0.2) is 4.98 Å². The lowest BCUT2D eigenvalue weighted by molar-refractivity contribution is 0.436. The Morgan fingerprint density at radius 1 is 1.00 bits per heavy atom. The van der Waals surface area contributed by atoms with Crippen molar-refractivity contribution in [3.05, 3.63) is 53.9 Å². The molecule has 1 aliphatic rings. The molecule has 0 aliphatic heterocycles. The summed E-state index contributed by atoms with van der Waals surface area (Å²) in [6.45, 7) is 2.20. The van der Waals surface area contributed by atoms with Gasteiger partial charge >= 0.3 is 0 Å². The molecule has 0 bridgehead atoms. The van der Waals surface area contributed by atoms with E-state index in [-0.39, 0.29) is 0 Å². The van der Waals surface area contributed by atoms with Crippen LogP contribution in [0.15, 0.2) is 42.6 Å². The first-order valence-corrected chi connectivity index (χ1v) is 7.36. The van der Waals surface area contributed by atoms with Crippen LogP contribution >= 0.6 is 0 Å². The Bertz CT molecular complexity index is 539. The molecule has 1 saturated carbocycles. The molecular weight excluding hydrogens is 230 g/mol. The SMILES string of the molecule is Cc1cc(C2CCCCC2)ncc1-c1ccccc1. The van der Waals surface area contributed by atoms with E-state index in [1.54, 1.807) is 0 Å². The van der Waals surface area contributed by atoms with Gasteiger partial charge in [-0.25, -0.2) is 0 Å². The van der Waals surface area contributed by atoms with Crippen LogP contribution < -0.4 is 0 Å². The van der Waals surface area contributed by atoms with Crippen LogP contribution in [0.3, 0.4) is 0 Å². The minimum absolute atomic E-state index is 0.692. The van der Waals surface area contributed by atoms with E-state index in [1.165, 1.54) is 54.5 Å². The molecule has 0 N–H and O–H groups in total. The predicted molar refractivity (Wildman–Crippen MR) is 80.2 cm³/mol. The van der Waals surface area contributed by atoms with Gasteiger partial charge in [0.2, 0.25) is 0 Å². The van der Waals surface area contributed by atoms with Crippen molar-refractivity contribution in [3.8, 4) is 11.1 Å². The van der Waals surface area contributed by atoms with Crippen molar-refractivity contribution in [2.75, 3.05) is 0 Å². The van der Waals surface area contributed by atoms with Crippen LogP contribution in [0.4, 0.5) is 0 Å². The van der Waals surface area contributed by atoms with Crippen molar-refractivity contribution in [3.63, 3.8) is 0 Å². The molecule has 0 saturated heterocycles. The van der Waals surface area contributed by atoms with E-state index in [4.69, 9.17) is 4.98 Å². The summed E-state index contributed by atoms with van der Waals surface area (Å²) in [7, 11) is 0. The highest BCUT2D eigenvalue weighted by atomic mass is 14.7. The maximum Gasteiger partial charge on any atom is 0.0437 e. The second kappa shape index (κ2) is 5.56. The van der Waals surface area contributed by atoms with Crippen LogP contribution in [0.5, 0.6) is 0 Å². The average Bonchev–Trinajstić information content (AvgIpc) is 2.49. The third-order valence-electron chi connectivity index (χ3n) is 4.24. The van der Waals surface area contributed by atoms with Gasteiger partial charge in [-0.05, 0) is 37.0 Å². The van der Waals surface area contributed by atoms with Crippen molar-refractivity contribution >= 4 is 0 Å². The molecule has 0 radical (unpaired) electrons. The quantitative estimate of drug-likeness (QED) is 0.723. The summed E-state index contributed by atoms with van der Waals surface area (Å²) in [5.41, 5.74) is 5.18. The van der Waals surface area contributed by atoms with Crippen molar-refractivity contribution in [2.45, 2.75) is 44.9 Å². The Balaban J connectivity index is 1.89. The van der Waals surface area contributed by atoms with E-state index in [0.29, 0.717) is 5.92 Å². The van der Waals surface area contributed by atoms with Gasteiger partial charge in [-0.15, -0.1) is 0 Å². The molecule has 0 atom stereocenters. The zero-order valence-electron chi connectivity index (χ0n) is 11.6. The first-order valence-electron chi connectivity index (χ1n) is 7.36. The average molecular weight is 251 g/mol. The molecule has 3 rings (SSSR count). The molecule has 1 aromatic carbocycles. The van der Waals surface area contributed by atoms with Crippen LogP contribution in [0.25, 0.3) is 11.1 Å². The van der Waals surface area contributed by atoms with Gasteiger partial charge in [0.1, 0.15) is 0 Å². The molecule has 1 heteroatoms. The molecule has 1 aromatic heterocycles. The van der Waals surface area contributed by atoms with Gasteiger partial charge in [0.15, 0.2) is 0 Å². The van der Waals surface area contributed by atoms with Crippen LogP contribution in [0, 0.1) is 6.92 Å². The Labute approximate surface area is 115 Å². The number of benzene rings is 1. The Kier molecular flexibility index (Phi) is 3.63. The fourth-order valence-electron chi connectivity index (χ4n) is 3.12. The molecule has 1 nitrogen and oxygen atoms in total. The first-order chi connectivity index (χ1) is 9.34. The molecule has 1 aliphatic carbocycles. The van der Waals surface area contributed by atoms with Gasteiger partial charge < -0.3 is 0 Å². The summed E-state index contributed by atoms with van der Waals surface area (Å²) in [6.07, 6.45) is 8.83.